The molecule has 0 aromatic carbocycles. The van der Waals surface area contributed by atoms with Crippen molar-refractivity contribution in [3.05, 3.63) is 12.2 Å². The topological polar surface area (TPSA) is 100 Å². The fourth-order valence-electron chi connectivity index (χ4n) is 2.26. The molecule has 1 spiro atoms. The minimum absolute atomic E-state index is 0.138. The summed E-state index contributed by atoms with van der Waals surface area (Å²) >= 11 is 0. The number of ether oxygens (including phenoxy) is 4. The van der Waals surface area contributed by atoms with Gasteiger partial charge in [-0.15, -0.1) is 0 Å². The van der Waals surface area contributed by atoms with Crippen LogP contribution in [0.15, 0.2) is 12.2 Å². The van der Waals surface area contributed by atoms with E-state index in [0.717, 1.165) is 0 Å². The zero-order chi connectivity index (χ0) is 14.8. The molecule has 3 atom stereocenters. The number of methoxy groups -OCH3 is 2. The van der Waals surface area contributed by atoms with Crippen LogP contribution in [0.4, 0.5) is 9.59 Å². The number of hydrogen-bond acceptors (Lipinski definition) is 7. The lowest BCUT2D eigenvalue weighted by Gasteiger charge is -2.47. The van der Waals surface area contributed by atoms with Gasteiger partial charge in [-0.2, -0.15) is 0 Å². The molecule has 1 saturated heterocycles. The summed E-state index contributed by atoms with van der Waals surface area (Å²) in [6.07, 6.45) is 0.754. The second-order valence-electron chi connectivity index (χ2n) is 4.53. The normalized spacial score (nSPS) is 31.0. The van der Waals surface area contributed by atoms with Crippen LogP contribution in [0.5, 0.6) is 0 Å². The molecule has 2 aliphatic rings. The third-order valence-electron chi connectivity index (χ3n) is 3.27. The van der Waals surface area contributed by atoms with Crippen LogP contribution < -0.4 is 5.32 Å². The third-order valence-corrected chi connectivity index (χ3v) is 3.27. The average Bonchev–Trinajstić information content (AvgIpc) is 2.40. The molecule has 20 heavy (non-hydrogen) atoms. The standard InChI is InChI=1S/C12H15NO7/c1-17-10(15)19-7-3-4-12(6-9(14)13-12)8(5-7)20-11(16)18-2/h3-4,7-8H,5-6H2,1-2H3,(H,13,14). The van der Waals surface area contributed by atoms with Crippen LogP contribution in [0.3, 0.4) is 0 Å². The van der Waals surface area contributed by atoms with Gasteiger partial charge in [0, 0.05) is 6.42 Å². The zero-order valence-electron chi connectivity index (χ0n) is 11.1. The third kappa shape index (κ3) is 2.68. The van der Waals surface area contributed by atoms with E-state index >= 15 is 0 Å². The molecule has 0 bridgehead atoms. The Bertz CT molecular complexity index is 451. The fraction of sp³-hybridized carbons (Fsp3) is 0.583. The van der Waals surface area contributed by atoms with E-state index in [1.165, 1.54) is 14.2 Å². The maximum absolute atomic E-state index is 11.3. The van der Waals surface area contributed by atoms with Crippen molar-refractivity contribution in [2.45, 2.75) is 30.6 Å². The highest BCUT2D eigenvalue weighted by Gasteiger charge is 2.52. The van der Waals surface area contributed by atoms with E-state index in [4.69, 9.17) is 9.47 Å². The van der Waals surface area contributed by atoms with Gasteiger partial charge in [-0.1, -0.05) is 6.08 Å². The first-order valence-corrected chi connectivity index (χ1v) is 5.98. The lowest BCUT2D eigenvalue weighted by Crippen LogP contribution is -2.68. The smallest absolute Gasteiger partial charge is 0.438 e. The van der Waals surface area contributed by atoms with Gasteiger partial charge in [0.2, 0.25) is 5.91 Å². The molecule has 8 heteroatoms. The van der Waals surface area contributed by atoms with Gasteiger partial charge < -0.3 is 24.3 Å². The first-order valence-electron chi connectivity index (χ1n) is 5.98. The molecule has 3 unspecified atom stereocenters. The van der Waals surface area contributed by atoms with Gasteiger partial charge in [0.1, 0.15) is 17.7 Å². The molecule has 1 aliphatic carbocycles. The Morgan fingerprint density at radius 3 is 2.40 bits per heavy atom. The lowest BCUT2D eigenvalue weighted by molar-refractivity contribution is -0.138. The van der Waals surface area contributed by atoms with Gasteiger partial charge in [0.25, 0.3) is 0 Å². The molecule has 0 saturated carbocycles. The van der Waals surface area contributed by atoms with E-state index in [1.807, 2.05) is 0 Å². The molecule has 8 nitrogen and oxygen atoms in total. The Morgan fingerprint density at radius 1 is 1.25 bits per heavy atom. The van der Waals surface area contributed by atoms with Gasteiger partial charge >= 0.3 is 12.3 Å². The Balaban J connectivity index is 2.08. The molecule has 2 rings (SSSR count). The number of carbonyl (C=O) groups excluding carboxylic acids is 3. The van der Waals surface area contributed by atoms with E-state index in [1.54, 1.807) is 12.2 Å². The number of hydrogen-bond donors (Lipinski definition) is 1. The van der Waals surface area contributed by atoms with E-state index < -0.39 is 30.1 Å². The van der Waals surface area contributed by atoms with Crippen molar-refractivity contribution in [3.8, 4) is 0 Å². The molecule has 0 aromatic heterocycles. The molecule has 0 aromatic rings. The van der Waals surface area contributed by atoms with Crippen LogP contribution in [0.1, 0.15) is 12.8 Å². The highest BCUT2D eigenvalue weighted by atomic mass is 16.7. The van der Waals surface area contributed by atoms with Crippen molar-refractivity contribution in [3.63, 3.8) is 0 Å². The van der Waals surface area contributed by atoms with Crippen molar-refractivity contribution in [2.24, 2.45) is 0 Å². The van der Waals surface area contributed by atoms with Crippen LogP contribution in [0, 0.1) is 0 Å². The Kier molecular flexibility index (Phi) is 3.82. The summed E-state index contributed by atoms with van der Waals surface area (Å²) in [5.74, 6) is -0.138. The maximum Gasteiger partial charge on any atom is 0.508 e. The first-order chi connectivity index (χ1) is 9.49. The molecule has 1 fully saturated rings. The predicted molar refractivity (Wildman–Crippen MR) is 63.8 cm³/mol. The molecular formula is C12H15NO7. The van der Waals surface area contributed by atoms with Crippen molar-refractivity contribution >= 4 is 18.2 Å². The van der Waals surface area contributed by atoms with E-state index in [0.29, 0.717) is 0 Å². The quantitative estimate of drug-likeness (QED) is 0.448. The summed E-state index contributed by atoms with van der Waals surface area (Å²) in [5, 5.41) is 2.70. The summed E-state index contributed by atoms with van der Waals surface area (Å²) in [5.41, 5.74) is -0.749. The van der Waals surface area contributed by atoms with Crippen molar-refractivity contribution in [1.82, 2.24) is 5.32 Å². The molecule has 1 aliphatic heterocycles. The van der Waals surface area contributed by atoms with Gasteiger partial charge in [0.15, 0.2) is 0 Å². The summed E-state index contributed by atoms with van der Waals surface area (Å²) in [4.78, 5) is 33.5. The van der Waals surface area contributed by atoms with Crippen molar-refractivity contribution < 1.29 is 33.3 Å². The van der Waals surface area contributed by atoms with E-state index in [2.05, 4.69) is 14.8 Å². The number of carbonyl (C=O) groups is 3. The predicted octanol–water partition coefficient (Wildman–Crippen LogP) is 0.508. The second-order valence-corrected chi connectivity index (χ2v) is 4.53. The fourth-order valence-corrected chi connectivity index (χ4v) is 2.26. The number of nitrogens with one attached hydrogen (secondary N) is 1. The maximum atomic E-state index is 11.3. The Morgan fingerprint density at radius 2 is 1.85 bits per heavy atom. The molecular weight excluding hydrogens is 270 g/mol. The highest BCUT2D eigenvalue weighted by Crippen LogP contribution is 2.35. The lowest BCUT2D eigenvalue weighted by atomic mass is 9.75. The van der Waals surface area contributed by atoms with Crippen LogP contribution in [0.25, 0.3) is 0 Å². The van der Waals surface area contributed by atoms with Crippen LogP contribution in [-0.4, -0.2) is 50.2 Å². The molecule has 1 heterocycles. The molecule has 0 radical (unpaired) electrons. The molecule has 1 amide bonds. The van der Waals surface area contributed by atoms with Gasteiger partial charge in [-0.25, -0.2) is 9.59 Å². The summed E-state index contributed by atoms with van der Waals surface area (Å²) < 4.78 is 19.0. The minimum atomic E-state index is -0.859. The van der Waals surface area contributed by atoms with E-state index in [-0.39, 0.29) is 18.7 Å². The van der Waals surface area contributed by atoms with Crippen molar-refractivity contribution in [1.29, 1.82) is 0 Å². The molecule has 1 N–H and O–H groups in total. The van der Waals surface area contributed by atoms with Gasteiger partial charge in [0.05, 0.1) is 20.6 Å². The SMILES string of the molecule is COC(=O)OC1C=CC2(CC(=O)N2)C(OC(=O)OC)C1. The Labute approximate surface area is 115 Å². The highest BCUT2D eigenvalue weighted by molar-refractivity contribution is 5.86. The van der Waals surface area contributed by atoms with Gasteiger partial charge in [-0.3, -0.25) is 4.79 Å². The van der Waals surface area contributed by atoms with Crippen molar-refractivity contribution in [2.75, 3.05) is 14.2 Å². The second kappa shape index (κ2) is 5.40. The minimum Gasteiger partial charge on any atom is -0.438 e. The van der Waals surface area contributed by atoms with Gasteiger partial charge in [-0.05, 0) is 6.08 Å². The zero-order valence-corrected chi connectivity index (χ0v) is 11.1. The number of β-lactam (4-membered cyclic amide) rings is 1. The van der Waals surface area contributed by atoms with Crippen LogP contribution in [0.2, 0.25) is 0 Å². The Hall–Kier alpha value is -2.25. The largest absolute Gasteiger partial charge is 0.508 e. The van der Waals surface area contributed by atoms with Crippen LogP contribution in [-0.2, 0) is 23.7 Å². The van der Waals surface area contributed by atoms with E-state index in [9.17, 15) is 14.4 Å². The summed E-state index contributed by atoms with van der Waals surface area (Å²) in [7, 11) is 2.39. The number of amides is 1. The monoisotopic (exact) mass is 285 g/mol. The number of rotatable bonds is 2. The summed E-state index contributed by atoms with van der Waals surface area (Å²) in [6, 6.07) is 0. The first kappa shape index (κ1) is 14.2. The molecule has 110 valence electrons. The average molecular weight is 285 g/mol. The summed E-state index contributed by atoms with van der Waals surface area (Å²) in [6.45, 7) is 0. The van der Waals surface area contributed by atoms with Crippen LogP contribution >= 0.6 is 0 Å².